The second kappa shape index (κ2) is 11.9. The molecule has 1 atom stereocenters. The van der Waals surface area contributed by atoms with Crippen molar-refractivity contribution >= 4 is 34.4 Å². The Labute approximate surface area is 217 Å². The third-order valence-corrected chi connectivity index (χ3v) is 6.42. The zero-order valence-corrected chi connectivity index (χ0v) is 21.4. The van der Waals surface area contributed by atoms with Crippen LogP contribution in [-0.4, -0.2) is 33.7 Å². The summed E-state index contributed by atoms with van der Waals surface area (Å²) in [6.07, 6.45) is 1.42. The molecular formula is C29H32ClN5O. The normalized spacial score (nSPS) is 12.0. The lowest BCUT2D eigenvalue weighted by Gasteiger charge is -2.22. The molecule has 0 spiro atoms. The minimum absolute atomic E-state index is 0.136. The fourth-order valence-electron chi connectivity index (χ4n) is 4.40. The van der Waals surface area contributed by atoms with Crippen LogP contribution in [0.25, 0.3) is 22.2 Å². The van der Waals surface area contributed by atoms with Crippen LogP contribution in [-0.2, 0) is 0 Å². The zero-order valence-electron chi connectivity index (χ0n) is 20.7. The number of amides is 1. The maximum Gasteiger partial charge on any atom is 0.251 e. The highest BCUT2D eigenvalue weighted by Crippen LogP contribution is 2.28. The molecule has 0 bridgehead atoms. The molecule has 4 aromatic rings. The summed E-state index contributed by atoms with van der Waals surface area (Å²) in [5.74, 6) is 1.16. The largest absolute Gasteiger partial charge is 0.373 e. The molecule has 4 rings (SSSR count). The number of aromatic nitrogens is 2. The van der Waals surface area contributed by atoms with Crippen LogP contribution in [0.1, 0.15) is 55.0 Å². The quantitative estimate of drug-likeness (QED) is 0.103. The number of imidazole rings is 1. The molecule has 1 amide bonds. The van der Waals surface area contributed by atoms with E-state index in [0.29, 0.717) is 24.4 Å². The first-order chi connectivity index (χ1) is 17.5. The van der Waals surface area contributed by atoms with Gasteiger partial charge >= 0.3 is 0 Å². The lowest BCUT2D eigenvalue weighted by Crippen LogP contribution is -2.32. The number of nitrogens with zero attached hydrogens (tertiary/aromatic N) is 2. The van der Waals surface area contributed by atoms with Crippen LogP contribution in [0.5, 0.6) is 0 Å². The molecule has 0 unspecified atom stereocenters. The van der Waals surface area contributed by atoms with Crippen molar-refractivity contribution in [2.45, 2.75) is 38.8 Å². The van der Waals surface area contributed by atoms with E-state index in [4.69, 9.17) is 22.0 Å². The summed E-state index contributed by atoms with van der Waals surface area (Å²) in [5.41, 5.74) is 4.75. The predicted octanol–water partition coefficient (Wildman–Crippen LogP) is 6.34. The average molecular weight is 502 g/mol. The van der Waals surface area contributed by atoms with Gasteiger partial charge in [0, 0.05) is 18.2 Å². The molecule has 1 aromatic heterocycles. The minimum atomic E-state index is -0.284. The van der Waals surface area contributed by atoms with Crippen molar-refractivity contribution in [2.24, 2.45) is 0 Å². The van der Waals surface area contributed by atoms with Crippen LogP contribution in [0.4, 0.5) is 0 Å². The first kappa shape index (κ1) is 25.5. The van der Waals surface area contributed by atoms with Gasteiger partial charge in [-0.2, -0.15) is 0 Å². The van der Waals surface area contributed by atoms with E-state index in [1.54, 1.807) is 0 Å². The SMILES string of the molecule is CC(C)n1c([C@H](CCCNC(=N)CCl)NC(=O)c2ccc(-c3ccccc3)cc2)nc2ccccc21. The number of para-hydroxylation sites is 2. The summed E-state index contributed by atoms with van der Waals surface area (Å²) in [6, 6.07) is 25.7. The highest BCUT2D eigenvalue weighted by atomic mass is 35.5. The Balaban J connectivity index is 1.58. The van der Waals surface area contributed by atoms with Gasteiger partial charge in [-0.25, -0.2) is 4.98 Å². The smallest absolute Gasteiger partial charge is 0.251 e. The molecule has 6 nitrogen and oxygen atoms in total. The van der Waals surface area contributed by atoms with Gasteiger partial charge in [0.05, 0.1) is 23.0 Å². The number of alkyl halides is 1. The number of fused-ring (bicyclic) bond motifs is 1. The summed E-state index contributed by atoms with van der Waals surface area (Å²) in [6.45, 7) is 4.86. The highest BCUT2D eigenvalue weighted by Gasteiger charge is 2.24. The van der Waals surface area contributed by atoms with Crippen molar-refractivity contribution < 1.29 is 4.79 Å². The molecule has 0 aliphatic rings. The third kappa shape index (κ3) is 5.94. The molecule has 7 heteroatoms. The van der Waals surface area contributed by atoms with Crippen LogP contribution in [0, 0.1) is 5.41 Å². The van der Waals surface area contributed by atoms with Crippen molar-refractivity contribution in [1.29, 1.82) is 5.41 Å². The molecule has 0 aliphatic heterocycles. The number of halogens is 1. The van der Waals surface area contributed by atoms with Crippen LogP contribution in [0.2, 0.25) is 0 Å². The van der Waals surface area contributed by atoms with Gasteiger partial charge in [-0.15, -0.1) is 11.6 Å². The average Bonchev–Trinajstić information content (AvgIpc) is 3.30. The molecular weight excluding hydrogens is 470 g/mol. The van der Waals surface area contributed by atoms with Crippen LogP contribution in [0.15, 0.2) is 78.9 Å². The van der Waals surface area contributed by atoms with Crippen molar-refractivity contribution in [3.63, 3.8) is 0 Å². The third-order valence-electron chi connectivity index (χ3n) is 6.15. The molecule has 1 heterocycles. The van der Waals surface area contributed by atoms with Crippen molar-refractivity contribution in [3.8, 4) is 11.1 Å². The van der Waals surface area contributed by atoms with Gasteiger partial charge in [0.15, 0.2) is 0 Å². The van der Waals surface area contributed by atoms with E-state index in [9.17, 15) is 4.79 Å². The first-order valence-electron chi connectivity index (χ1n) is 12.3. The number of carbonyl (C=O) groups excluding carboxylic acids is 1. The molecule has 36 heavy (non-hydrogen) atoms. The molecule has 3 N–H and O–H groups in total. The van der Waals surface area contributed by atoms with Crippen LogP contribution in [0.3, 0.4) is 0 Å². The number of benzene rings is 3. The number of carbonyl (C=O) groups is 1. The van der Waals surface area contributed by atoms with Crippen LogP contribution >= 0.6 is 11.6 Å². The lowest BCUT2D eigenvalue weighted by molar-refractivity contribution is 0.0931. The molecule has 0 fully saturated rings. The van der Waals surface area contributed by atoms with Gasteiger partial charge in [-0.1, -0.05) is 54.6 Å². The van der Waals surface area contributed by atoms with Crippen molar-refractivity contribution in [1.82, 2.24) is 20.2 Å². The van der Waals surface area contributed by atoms with Gasteiger partial charge in [0.25, 0.3) is 5.91 Å². The standard InChI is InChI=1S/C29H32ClN5O/c1-20(2)35-26-13-7-6-11-24(26)33-28(35)25(12-8-18-32-27(31)19-30)34-29(36)23-16-14-22(15-17-23)21-9-4-3-5-10-21/h3-7,9-11,13-17,20,25H,8,12,18-19H2,1-2H3,(H2,31,32)(H,34,36)/t25-/m0/s1. The number of rotatable bonds is 10. The van der Waals surface area contributed by atoms with E-state index in [1.807, 2.05) is 60.7 Å². The lowest BCUT2D eigenvalue weighted by atomic mass is 10.0. The van der Waals surface area contributed by atoms with E-state index in [1.165, 1.54) is 0 Å². The molecule has 0 aliphatic carbocycles. The van der Waals surface area contributed by atoms with Crippen molar-refractivity contribution in [2.75, 3.05) is 12.4 Å². The predicted molar refractivity (Wildman–Crippen MR) is 148 cm³/mol. The second-order valence-electron chi connectivity index (χ2n) is 9.07. The summed E-state index contributed by atoms with van der Waals surface area (Å²) < 4.78 is 2.20. The molecule has 3 aromatic carbocycles. The topological polar surface area (TPSA) is 82.8 Å². The summed E-state index contributed by atoms with van der Waals surface area (Å²) in [7, 11) is 0. The van der Waals surface area contributed by atoms with Gasteiger partial charge in [-0.05, 0) is 62.1 Å². The van der Waals surface area contributed by atoms with E-state index >= 15 is 0 Å². The van der Waals surface area contributed by atoms with E-state index < -0.39 is 0 Å². The summed E-state index contributed by atoms with van der Waals surface area (Å²) in [5, 5.41) is 14.0. The fourth-order valence-corrected chi connectivity index (χ4v) is 4.49. The maximum absolute atomic E-state index is 13.3. The number of hydrogen-bond donors (Lipinski definition) is 3. The molecule has 0 radical (unpaired) electrons. The summed E-state index contributed by atoms with van der Waals surface area (Å²) >= 11 is 5.72. The van der Waals surface area contributed by atoms with E-state index in [-0.39, 0.29) is 23.9 Å². The number of hydrogen-bond acceptors (Lipinski definition) is 3. The van der Waals surface area contributed by atoms with Crippen LogP contribution < -0.4 is 10.6 Å². The Kier molecular flexibility index (Phi) is 8.39. The Bertz CT molecular complexity index is 1310. The Hall–Kier alpha value is -3.64. The summed E-state index contributed by atoms with van der Waals surface area (Å²) in [4.78, 5) is 18.3. The Morgan fingerprint density at radius 1 is 0.972 bits per heavy atom. The molecule has 186 valence electrons. The zero-order chi connectivity index (χ0) is 25.5. The minimum Gasteiger partial charge on any atom is -0.373 e. The Morgan fingerprint density at radius 3 is 2.33 bits per heavy atom. The van der Waals surface area contributed by atoms with Gasteiger partial charge < -0.3 is 15.2 Å². The fraction of sp³-hybridized carbons (Fsp3) is 0.276. The Morgan fingerprint density at radius 2 is 1.64 bits per heavy atom. The van der Waals surface area contributed by atoms with E-state index in [2.05, 4.69) is 47.2 Å². The maximum atomic E-state index is 13.3. The number of amidine groups is 1. The van der Waals surface area contributed by atoms with Gasteiger partial charge in [0.1, 0.15) is 11.7 Å². The molecule has 0 saturated carbocycles. The van der Waals surface area contributed by atoms with Gasteiger partial charge in [0.2, 0.25) is 0 Å². The number of nitrogens with one attached hydrogen (secondary N) is 3. The van der Waals surface area contributed by atoms with Gasteiger partial charge in [-0.3, -0.25) is 10.2 Å². The highest BCUT2D eigenvalue weighted by molar-refractivity contribution is 6.27. The van der Waals surface area contributed by atoms with E-state index in [0.717, 1.165) is 34.4 Å². The second-order valence-corrected chi connectivity index (χ2v) is 9.34. The first-order valence-corrected chi connectivity index (χ1v) is 12.8. The van der Waals surface area contributed by atoms with Crippen molar-refractivity contribution in [3.05, 3.63) is 90.3 Å². The monoisotopic (exact) mass is 501 g/mol. The molecule has 0 saturated heterocycles.